The van der Waals surface area contributed by atoms with Crippen molar-refractivity contribution in [3.63, 3.8) is 0 Å². The third-order valence-corrected chi connectivity index (χ3v) is 4.88. The van der Waals surface area contributed by atoms with Crippen LogP contribution in [0.4, 0.5) is 0 Å². The van der Waals surface area contributed by atoms with Gasteiger partial charge in [0.1, 0.15) is 4.21 Å². The molecule has 2 rings (SSSR count). The molecular weight excluding hydrogens is 196 g/mol. The SMILES string of the molecule is O=S(=O)(CC1CO1)c1cccs1. The molecule has 5 heteroatoms. The van der Waals surface area contributed by atoms with E-state index in [0.717, 1.165) is 0 Å². The Morgan fingerprint density at radius 3 is 2.92 bits per heavy atom. The fourth-order valence-electron chi connectivity index (χ4n) is 0.932. The summed E-state index contributed by atoms with van der Waals surface area (Å²) < 4.78 is 28.3. The molecule has 1 aromatic heterocycles. The highest BCUT2D eigenvalue weighted by Gasteiger charge is 2.30. The first kappa shape index (κ1) is 8.22. The molecule has 1 aliphatic rings. The van der Waals surface area contributed by atoms with Crippen LogP contribution >= 0.6 is 11.3 Å². The maximum atomic E-state index is 11.5. The summed E-state index contributed by atoms with van der Waals surface area (Å²) in [5.74, 6) is 0.132. The molecule has 12 heavy (non-hydrogen) atoms. The Kier molecular flexibility index (Phi) is 1.94. The molecule has 1 atom stereocenters. The average molecular weight is 204 g/mol. The molecule has 2 heterocycles. The van der Waals surface area contributed by atoms with Crippen LogP contribution in [0.2, 0.25) is 0 Å². The fourth-order valence-corrected chi connectivity index (χ4v) is 3.47. The van der Waals surface area contributed by atoms with Gasteiger partial charge in [0, 0.05) is 0 Å². The van der Waals surface area contributed by atoms with E-state index in [4.69, 9.17) is 4.74 Å². The summed E-state index contributed by atoms with van der Waals surface area (Å²) in [6.45, 7) is 0.588. The second kappa shape index (κ2) is 2.83. The lowest BCUT2D eigenvalue weighted by molar-refractivity contribution is 0.422. The second-order valence-corrected chi connectivity index (χ2v) is 5.88. The van der Waals surface area contributed by atoms with Crippen molar-refractivity contribution in [1.82, 2.24) is 0 Å². The molecule has 0 radical (unpaired) electrons. The number of sulfone groups is 1. The van der Waals surface area contributed by atoms with Crippen molar-refractivity contribution in [2.45, 2.75) is 10.3 Å². The zero-order valence-electron chi connectivity index (χ0n) is 6.26. The largest absolute Gasteiger partial charge is 0.372 e. The van der Waals surface area contributed by atoms with Gasteiger partial charge in [-0.15, -0.1) is 11.3 Å². The molecule has 0 bridgehead atoms. The van der Waals surface area contributed by atoms with Gasteiger partial charge in [-0.2, -0.15) is 0 Å². The summed E-state index contributed by atoms with van der Waals surface area (Å²) in [4.78, 5) is 0. The minimum absolute atomic E-state index is 0.0582. The minimum Gasteiger partial charge on any atom is -0.372 e. The number of rotatable bonds is 3. The Morgan fingerprint density at radius 1 is 1.67 bits per heavy atom. The lowest BCUT2D eigenvalue weighted by atomic mass is 10.6. The number of epoxide rings is 1. The smallest absolute Gasteiger partial charge is 0.190 e. The third-order valence-electron chi connectivity index (χ3n) is 1.61. The zero-order valence-corrected chi connectivity index (χ0v) is 7.90. The van der Waals surface area contributed by atoms with E-state index in [1.807, 2.05) is 0 Å². The van der Waals surface area contributed by atoms with Crippen LogP contribution < -0.4 is 0 Å². The molecule has 0 aromatic carbocycles. The van der Waals surface area contributed by atoms with Crippen molar-refractivity contribution in [1.29, 1.82) is 0 Å². The summed E-state index contributed by atoms with van der Waals surface area (Å²) in [7, 11) is -3.06. The van der Waals surface area contributed by atoms with Crippen LogP contribution in [0.1, 0.15) is 0 Å². The second-order valence-electron chi connectivity index (χ2n) is 2.67. The average Bonchev–Trinajstić information content (AvgIpc) is 2.67. The molecule has 1 fully saturated rings. The molecule has 66 valence electrons. The van der Waals surface area contributed by atoms with E-state index >= 15 is 0 Å². The number of thiophene rings is 1. The van der Waals surface area contributed by atoms with Crippen molar-refractivity contribution in [3.8, 4) is 0 Å². The first-order valence-electron chi connectivity index (χ1n) is 3.56. The molecule has 3 nitrogen and oxygen atoms in total. The van der Waals surface area contributed by atoms with Crippen LogP contribution in [-0.2, 0) is 14.6 Å². The third kappa shape index (κ3) is 1.68. The molecule has 1 aromatic rings. The highest BCUT2D eigenvalue weighted by atomic mass is 32.2. The van der Waals surface area contributed by atoms with Crippen LogP contribution in [0.5, 0.6) is 0 Å². The lowest BCUT2D eigenvalue weighted by Gasteiger charge is -1.96. The summed E-state index contributed by atoms with van der Waals surface area (Å²) in [5.41, 5.74) is 0. The molecule has 0 N–H and O–H groups in total. The molecule has 0 aliphatic carbocycles. The van der Waals surface area contributed by atoms with Crippen molar-refractivity contribution >= 4 is 21.2 Å². The Bertz CT molecular complexity index is 348. The van der Waals surface area contributed by atoms with Gasteiger partial charge in [0.2, 0.25) is 0 Å². The van der Waals surface area contributed by atoms with E-state index < -0.39 is 9.84 Å². The van der Waals surface area contributed by atoms with Crippen LogP contribution in [0.15, 0.2) is 21.7 Å². The van der Waals surface area contributed by atoms with Crippen LogP contribution in [0.25, 0.3) is 0 Å². The van der Waals surface area contributed by atoms with E-state index in [9.17, 15) is 8.42 Å². The minimum atomic E-state index is -3.06. The predicted molar refractivity (Wildman–Crippen MR) is 46.1 cm³/mol. The first-order valence-corrected chi connectivity index (χ1v) is 6.09. The van der Waals surface area contributed by atoms with Gasteiger partial charge >= 0.3 is 0 Å². The Morgan fingerprint density at radius 2 is 2.42 bits per heavy atom. The highest BCUT2D eigenvalue weighted by Crippen LogP contribution is 2.21. The monoisotopic (exact) mass is 204 g/mol. The predicted octanol–water partition coefficient (Wildman–Crippen LogP) is 0.921. The fraction of sp³-hybridized carbons (Fsp3) is 0.429. The molecular formula is C7H8O3S2. The molecule has 1 saturated heterocycles. The van der Waals surface area contributed by atoms with Crippen molar-refractivity contribution < 1.29 is 13.2 Å². The van der Waals surface area contributed by atoms with E-state index in [-0.39, 0.29) is 11.9 Å². The standard InChI is InChI=1S/C7H8O3S2/c8-12(9,5-6-4-10-6)7-2-1-3-11-7/h1-3,6H,4-5H2. The highest BCUT2D eigenvalue weighted by molar-refractivity contribution is 7.93. The van der Waals surface area contributed by atoms with E-state index in [2.05, 4.69) is 0 Å². The summed E-state index contributed by atoms with van der Waals surface area (Å²) >= 11 is 1.26. The molecule has 0 spiro atoms. The first-order chi connectivity index (χ1) is 5.68. The Hall–Kier alpha value is -0.390. The Labute approximate surface area is 74.9 Å². The van der Waals surface area contributed by atoms with Gasteiger partial charge in [0.15, 0.2) is 9.84 Å². The van der Waals surface area contributed by atoms with Gasteiger partial charge in [-0.05, 0) is 11.4 Å². The van der Waals surface area contributed by atoms with E-state index in [1.54, 1.807) is 17.5 Å². The van der Waals surface area contributed by atoms with Crippen LogP contribution in [0.3, 0.4) is 0 Å². The maximum absolute atomic E-state index is 11.5. The summed E-state index contributed by atoms with van der Waals surface area (Å²) in [6.07, 6.45) is -0.0582. The van der Waals surface area contributed by atoms with Gasteiger partial charge in [-0.3, -0.25) is 0 Å². The van der Waals surface area contributed by atoms with E-state index in [1.165, 1.54) is 11.3 Å². The van der Waals surface area contributed by atoms with Gasteiger partial charge in [-0.1, -0.05) is 6.07 Å². The molecule has 0 saturated carbocycles. The quantitative estimate of drug-likeness (QED) is 0.688. The topological polar surface area (TPSA) is 46.7 Å². The van der Waals surface area contributed by atoms with Gasteiger partial charge in [0.05, 0.1) is 18.5 Å². The zero-order chi connectivity index (χ0) is 8.60. The number of hydrogen-bond acceptors (Lipinski definition) is 4. The Balaban J connectivity index is 2.20. The molecule has 1 unspecified atom stereocenters. The van der Waals surface area contributed by atoms with E-state index in [0.29, 0.717) is 10.8 Å². The number of hydrogen-bond donors (Lipinski definition) is 0. The van der Waals surface area contributed by atoms with Crippen molar-refractivity contribution in [3.05, 3.63) is 17.5 Å². The van der Waals surface area contributed by atoms with Crippen molar-refractivity contribution in [2.24, 2.45) is 0 Å². The summed E-state index contributed by atoms with van der Waals surface area (Å²) in [6, 6.07) is 3.37. The van der Waals surface area contributed by atoms with Gasteiger partial charge < -0.3 is 4.74 Å². The van der Waals surface area contributed by atoms with Gasteiger partial charge in [-0.25, -0.2) is 8.42 Å². The normalized spacial score (nSPS) is 22.5. The summed E-state index contributed by atoms with van der Waals surface area (Å²) in [5, 5.41) is 1.76. The maximum Gasteiger partial charge on any atom is 0.190 e. The van der Waals surface area contributed by atoms with Gasteiger partial charge in [0.25, 0.3) is 0 Å². The van der Waals surface area contributed by atoms with Crippen LogP contribution in [-0.4, -0.2) is 26.9 Å². The van der Waals surface area contributed by atoms with Crippen molar-refractivity contribution in [2.75, 3.05) is 12.4 Å². The molecule has 1 aliphatic heterocycles. The number of ether oxygens (including phenoxy) is 1. The lowest BCUT2D eigenvalue weighted by Crippen LogP contribution is -2.09. The molecule has 0 amide bonds. The van der Waals surface area contributed by atoms with Crippen LogP contribution in [0, 0.1) is 0 Å².